The Labute approximate surface area is 197 Å². The zero-order valence-electron chi connectivity index (χ0n) is 18.8. The lowest BCUT2D eigenvalue weighted by atomic mass is 9.91. The molecule has 0 unspecified atom stereocenters. The molecule has 0 saturated carbocycles. The zero-order chi connectivity index (χ0) is 23.7. The molecule has 0 atom stereocenters. The lowest BCUT2D eigenvalue weighted by Gasteiger charge is -2.37. The summed E-state index contributed by atoms with van der Waals surface area (Å²) in [7, 11) is 0. The van der Waals surface area contributed by atoms with Crippen molar-refractivity contribution in [3.05, 3.63) is 77.1 Å². The summed E-state index contributed by atoms with van der Waals surface area (Å²) in [6.45, 7) is 3.65. The van der Waals surface area contributed by atoms with Crippen molar-refractivity contribution in [2.24, 2.45) is 0 Å². The number of aromatic nitrogens is 3. The van der Waals surface area contributed by atoms with Crippen LogP contribution in [0.15, 0.2) is 54.6 Å². The van der Waals surface area contributed by atoms with Gasteiger partial charge in [-0.25, -0.2) is 4.79 Å². The SMILES string of the molecule is Cc1nn(-c2ccccc2)nc1C(=O)N1CCC2(CC1)CN(Cc1ccc(C#N)cc1)C(=O)O2. The molecule has 0 N–H and O–H groups in total. The number of hydrogen-bond donors (Lipinski definition) is 0. The number of amides is 2. The van der Waals surface area contributed by atoms with Crippen molar-refractivity contribution in [1.29, 1.82) is 5.26 Å². The molecule has 3 heterocycles. The van der Waals surface area contributed by atoms with E-state index in [9.17, 15) is 9.59 Å². The summed E-state index contributed by atoms with van der Waals surface area (Å²) in [6.07, 6.45) is 0.797. The molecule has 34 heavy (non-hydrogen) atoms. The molecule has 0 radical (unpaired) electrons. The van der Waals surface area contributed by atoms with Gasteiger partial charge in [-0.2, -0.15) is 15.2 Å². The molecule has 2 fully saturated rings. The molecule has 2 saturated heterocycles. The van der Waals surface area contributed by atoms with E-state index in [0.29, 0.717) is 56.0 Å². The normalized spacial score (nSPS) is 17.0. The second-order valence-electron chi connectivity index (χ2n) is 8.77. The Morgan fingerprint density at radius 2 is 1.79 bits per heavy atom. The summed E-state index contributed by atoms with van der Waals surface area (Å²) < 4.78 is 5.80. The minimum Gasteiger partial charge on any atom is -0.441 e. The fourth-order valence-electron chi connectivity index (χ4n) is 4.50. The number of benzene rings is 2. The molecule has 0 bridgehead atoms. The summed E-state index contributed by atoms with van der Waals surface area (Å²) in [6, 6.07) is 18.8. The van der Waals surface area contributed by atoms with Crippen LogP contribution in [0.25, 0.3) is 5.69 Å². The standard InChI is InChI=1S/C25H24N6O3/c1-18-22(28-31(27-18)21-5-3-2-4-6-21)23(32)29-13-11-25(12-14-29)17-30(24(33)34-25)16-20-9-7-19(15-26)8-10-20/h2-10H,11-14,16-17H2,1H3. The molecule has 2 aliphatic rings. The number of aryl methyl sites for hydroxylation is 1. The summed E-state index contributed by atoms with van der Waals surface area (Å²) in [5.74, 6) is -0.159. The van der Waals surface area contributed by atoms with Gasteiger partial charge in [0.1, 0.15) is 5.60 Å². The van der Waals surface area contributed by atoms with Gasteiger partial charge in [-0.3, -0.25) is 9.69 Å². The lowest BCUT2D eigenvalue weighted by molar-refractivity contribution is 0.00293. The van der Waals surface area contributed by atoms with Crippen LogP contribution in [-0.2, 0) is 11.3 Å². The molecule has 1 spiro atoms. The smallest absolute Gasteiger partial charge is 0.410 e. The van der Waals surface area contributed by atoms with Gasteiger partial charge in [0, 0.05) is 32.5 Å². The molecular weight excluding hydrogens is 432 g/mol. The molecule has 9 heteroatoms. The molecule has 9 nitrogen and oxygen atoms in total. The third-order valence-corrected chi connectivity index (χ3v) is 6.43. The Balaban J connectivity index is 1.22. The molecule has 2 amide bonds. The van der Waals surface area contributed by atoms with E-state index in [4.69, 9.17) is 10.00 Å². The fourth-order valence-corrected chi connectivity index (χ4v) is 4.50. The van der Waals surface area contributed by atoms with E-state index in [1.54, 1.807) is 28.9 Å². The number of ether oxygens (including phenoxy) is 1. The van der Waals surface area contributed by atoms with E-state index >= 15 is 0 Å². The van der Waals surface area contributed by atoms with E-state index < -0.39 is 5.60 Å². The van der Waals surface area contributed by atoms with Crippen LogP contribution in [-0.4, -0.2) is 62.0 Å². The number of rotatable bonds is 4. The van der Waals surface area contributed by atoms with Crippen LogP contribution in [0.5, 0.6) is 0 Å². The van der Waals surface area contributed by atoms with E-state index in [1.165, 1.54) is 4.80 Å². The van der Waals surface area contributed by atoms with Gasteiger partial charge in [0.2, 0.25) is 0 Å². The van der Waals surface area contributed by atoms with Gasteiger partial charge in [-0.1, -0.05) is 30.3 Å². The molecular formula is C25H24N6O3. The quantitative estimate of drug-likeness (QED) is 0.598. The predicted molar refractivity (Wildman–Crippen MR) is 122 cm³/mol. The van der Waals surface area contributed by atoms with Crippen molar-refractivity contribution in [3.63, 3.8) is 0 Å². The van der Waals surface area contributed by atoms with Gasteiger partial charge in [-0.15, -0.1) is 5.10 Å². The largest absolute Gasteiger partial charge is 0.441 e. The van der Waals surface area contributed by atoms with Crippen molar-refractivity contribution in [3.8, 4) is 11.8 Å². The number of hydrogen-bond acceptors (Lipinski definition) is 6. The maximum absolute atomic E-state index is 13.2. The Bertz CT molecular complexity index is 1250. The highest BCUT2D eigenvalue weighted by molar-refractivity contribution is 5.93. The highest BCUT2D eigenvalue weighted by atomic mass is 16.6. The van der Waals surface area contributed by atoms with E-state index in [-0.39, 0.29) is 12.0 Å². The van der Waals surface area contributed by atoms with Crippen LogP contribution >= 0.6 is 0 Å². The van der Waals surface area contributed by atoms with Gasteiger partial charge in [-0.05, 0) is 36.8 Å². The van der Waals surface area contributed by atoms with Crippen LogP contribution in [0.1, 0.15) is 40.2 Å². The molecule has 2 aromatic carbocycles. The number of nitriles is 1. The van der Waals surface area contributed by atoms with Gasteiger partial charge in [0.25, 0.3) is 5.91 Å². The van der Waals surface area contributed by atoms with Crippen molar-refractivity contribution < 1.29 is 14.3 Å². The first-order valence-electron chi connectivity index (χ1n) is 11.2. The minimum atomic E-state index is -0.586. The predicted octanol–water partition coefficient (Wildman–Crippen LogP) is 3.07. The van der Waals surface area contributed by atoms with Crippen molar-refractivity contribution in [1.82, 2.24) is 24.8 Å². The minimum absolute atomic E-state index is 0.159. The number of likely N-dealkylation sites (tertiary alicyclic amines) is 1. The summed E-state index contributed by atoms with van der Waals surface area (Å²) in [5, 5.41) is 17.8. The van der Waals surface area contributed by atoms with Crippen molar-refractivity contribution >= 4 is 12.0 Å². The first-order chi connectivity index (χ1) is 16.5. The molecule has 172 valence electrons. The first-order valence-corrected chi connectivity index (χ1v) is 11.2. The van der Waals surface area contributed by atoms with E-state index in [2.05, 4.69) is 16.3 Å². The molecule has 1 aromatic heterocycles. The molecule has 0 aliphatic carbocycles. The first kappa shape index (κ1) is 21.6. The fraction of sp³-hybridized carbons (Fsp3) is 0.320. The Kier molecular flexibility index (Phi) is 5.49. The number of carbonyl (C=O) groups excluding carboxylic acids is 2. The zero-order valence-corrected chi connectivity index (χ0v) is 18.8. The van der Waals surface area contributed by atoms with Crippen LogP contribution < -0.4 is 0 Å². The molecule has 3 aromatic rings. The number of nitrogens with zero attached hydrogens (tertiary/aromatic N) is 6. The Morgan fingerprint density at radius 1 is 1.09 bits per heavy atom. The van der Waals surface area contributed by atoms with Crippen LogP contribution in [0.2, 0.25) is 0 Å². The van der Waals surface area contributed by atoms with Crippen LogP contribution in [0.3, 0.4) is 0 Å². The average molecular weight is 457 g/mol. The van der Waals surface area contributed by atoms with Gasteiger partial charge in [0.15, 0.2) is 5.69 Å². The van der Waals surface area contributed by atoms with E-state index in [1.807, 2.05) is 42.5 Å². The molecule has 5 rings (SSSR count). The monoisotopic (exact) mass is 456 g/mol. The topological polar surface area (TPSA) is 104 Å². The molecule has 2 aliphatic heterocycles. The second kappa shape index (κ2) is 8.63. The second-order valence-corrected chi connectivity index (χ2v) is 8.77. The van der Waals surface area contributed by atoms with Gasteiger partial charge < -0.3 is 9.64 Å². The number of carbonyl (C=O) groups is 2. The maximum atomic E-state index is 13.2. The third kappa shape index (κ3) is 4.10. The summed E-state index contributed by atoms with van der Waals surface area (Å²) in [4.78, 5) is 30.6. The number of piperidine rings is 1. The third-order valence-electron chi connectivity index (χ3n) is 6.43. The van der Waals surface area contributed by atoms with Crippen molar-refractivity contribution in [2.75, 3.05) is 19.6 Å². The van der Waals surface area contributed by atoms with E-state index in [0.717, 1.165) is 11.3 Å². The summed E-state index contributed by atoms with van der Waals surface area (Å²) in [5.41, 5.74) is 2.65. The Morgan fingerprint density at radius 3 is 2.47 bits per heavy atom. The Hall–Kier alpha value is -4.19. The highest BCUT2D eigenvalue weighted by Crippen LogP contribution is 2.34. The maximum Gasteiger partial charge on any atom is 0.410 e. The van der Waals surface area contributed by atoms with Crippen LogP contribution in [0.4, 0.5) is 4.79 Å². The average Bonchev–Trinajstić information content (AvgIpc) is 3.39. The van der Waals surface area contributed by atoms with Gasteiger partial charge >= 0.3 is 6.09 Å². The summed E-state index contributed by atoms with van der Waals surface area (Å²) >= 11 is 0. The van der Waals surface area contributed by atoms with Gasteiger partial charge in [0.05, 0.1) is 29.6 Å². The number of para-hydroxylation sites is 1. The lowest BCUT2D eigenvalue weighted by Crippen LogP contribution is -2.48. The van der Waals surface area contributed by atoms with Crippen LogP contribution in [0, 0.1) is 18.3 Å². The van der Waals surface area contributed by atoms with Crippen molar-refractivity contribution in [2.45, 2.75) is 31.9 Å². The highest BCUT2D eigenvalue weighted by Gasteiger charge is 2.47.